The highest BCUT2D eigenvalue weighted by Crippen LogP contribution is 2.23. The lowest BCUT2D eigenvalue weighted by molar-refractivity contribution is -0.127. The zero-order valence-electron chi connectivity index (χ0n) is 14.0. The molecule has 3 aromatic rings. The van der Waals surface area contributed by atoms with Crippen molar-refractivity contribution in [3.63, 3.8) is 0 Å². The van der Waals surface area contributed by atoms with Crippen LogP contribution in [-0.2, 0) is 11.3 Å². The van der Waals surface area contributed by atoms with E-state index in [9.17, 15) is 4.79 Å². The van der Waals surface area contributed by atoms with Crippen LogP contribution in [0.3, 0.4) is 0 Å². The fourth-order valence-electron chi connectivity index (χ4n) is 2.35. The average Bonchev–Trinajstić information content (AvgIpc) is 3.21. The van der Waals surface area contributed by atoms with Gasteiger partial charge in [0.15, 0.2) is 5.16 Å². The Morgan fingerprint density at radius 1 is 1.36 bits per heavy atom. The largest absolute Gasteiger partial charge is 0.464 e. The molecule has 1 aromatic carbocycles. The van der Waals surface area contributed by atoms with Crippen molar-refractivity contribution < 1.29 is 9.21 Å². The lowest BCUT2D eigenvalue weighted by Crippen LogP contribution is -2.27. The monoisotopic (exact) mass is 375 g/mol. The zero-order valence-corrected chi connectivity index (χ0v) is 15.5. The Labute approximate surface area is 155 Å². The maximum Gasteiger partial charge on any atom is 0.233 e. The third kappa shape index (κ3) is 4.46. The van der Waals surface area contributed by atoms with Gasteiger partial charge >= 0.3 is 0 Å². The number of halogens is 1. The van der Waals surface area contributed by atoms with Crippen LogP contribution in [0.2, 0.25) is 5.02 Å². The summed E-state index contributed by atoms with van der Waals surface area (Å²) in [4.78, 5) is 18.3. The number of amides is 1. The molecule has 2 aromatic heterocycles. The molecule has 25 heavy (non-hydrogen) atoms. The van der Waals surface area contributed by atoms with Gasteiger partial charge in [0.25, 0.3) is 0 Å². The first-order valence-corrected chi connectivity index (χ1v) is 9.10. The molecule has 0 saturated heterocycles. The smallest absolute Gasteiger partial charge is 0.233 e. The minimum atomic E-state index is 0.0136. The Hall–Kier alpha value is -2.18. The molecule has 0 aliphatic heterocycles. The van der Waals surface area contributed by atoms with E-state index in [1.165, 1.54) is 11.8 Å². The van der Waals surface area contributed by atoms with Gasteiger partial charge in [-0.2, -0.15) is 0 Å². The van der Waals surface area contributed by atoms with Gasteiger partial charge in [-0.25, -0.2) is 4.98 Å². The first kappa shape index (κ1) is 17.6. The zero-order chi connectivity index (χ0) is 17.8. The summed E-state index contributed by atoms with van der Waals surface area (Å²) in [5.74, 6) is 1.93. The Morgan fingerprint density at radius 2 is 2.20 bits per heavy atom. The Bertz CT molecular complexity index is 875. The van der Waals surface area contributed by atoms with Crippen LogP contribution < -0.4 is 0 Å². The predicted molar refractivity (Wildman–Crippen MR) is 99.2 cm³/mol. The standard InChI is InChI=1S/C18H18ClN3O2S/c1-13-6-7-16(24-13)11-21(2)17(23)12-25-18-20-8-9-22(18)15-5-3-4-14(19)10-15/h3-10H,11-12H2,1-2H3. The summed E-state index contributed by atoms with van der Waals surface area (Å²) < 4.78 is 7.43. The van der Waals surface area contributed by atoms with Gasteiger partial charge < -0.3 is 9.32 Å². The molecule has 2 heterocycles. The third-order valence-electron chi connectivity index (χ3n) is 3.63. The van der Waals surface area contributed by atoms with E-state index in [2.05, 4.69) is 4.98 Å². The number of carbonyl (C=O) groups is 1. The number of imidazole rings is 1. The number of aryl methyl sites for hydroxylation is 1. The minimum absolute atomic E-state index is 0.0136. The number of nitrogens with zero attached hydrogens (tertiary/aromatic N) is 3. The van der Waals surface area contributed by atoms with Crippen LogP contribution in [0.5, 0.6) is 0 Å². The first-order valence-electron chi connectivity index (χ1n) is 7.74. The van der Waals surface area contributed by atoms with E-state index in [1.807, 2.05) is 54.1 Å². The maximum atomic E-state index is 12.4. The van der Waals surface area contributed by atoms with Crippen LogP contribution >= 0.6 is 23.4 Å². The fraction of sp³-hybridized carbons (Fsp3) is 0.222. The van der Waals surface area contributed by atoms with Gasteiger partial charge in [-0.3, -0.25) is 9.36 Å². The number of rotatable bonds is 6. The van der Waals surface area contributed by atoms with Crippen molar-refractivity contribution in [3.05, 3.63) is 65.3 Å². The Morgan fingerprint density at radius 3 is 2.92 bits per heavy atom. The number of hydrogen-bond donors (Lipinski definition) is 0. The second-order valence-electron chi connectivity index (χ2n) is 5.61. The van der Waals surface area contributed by atoms with Crippen molar-refractivity contribution >= 4 is 29.3 Å². The van der Waals surface area contributed by atoms with Gasteiger partial charge in [0.05, 0.1) is 12.3 Å². The van der Waals surface area contributed by atoms with Crippen molar-refractivity contribution in [2.24, 2.45) is 0 Å². The molecule has 1 amide bonds. The average molecular weight is 376 g/mol. The van der Waals surface area contributed by atoms with Crippen molar-refractivity contribution in [2.75, 3.05) is 12.8 Å². The summed E-state index contributed by atoms with van der Waals surface area (Å²) in [5.41, 5.74) is 0.916. The molecule has 5 nitrogen and oxygen atoms in total. The molecule has 0 fully saturated rings. The third-order valence-corrected chi connectivity index (χ3v) is 4.82. The molecule has 3 rings (SSSR count). The number of thioether (sulfide) groups is 1. The highest BCUT2D eigenvalue weighted by Gasteiger charge is 2.14. The molecule has 0 N–H and O–H groups in total. The second-order valence-corrected chi connectivity index (χ2v) is 6.99. The van der Waals surface area contributed by atoms with Crippen molar-refractivity contribution in [1.29, 1.82) is 0 Å². The van der Waals surface area contributed by atoms with Crippen LogP contribution in [0.25, 0.3) is 5.69 Å². The molecule has 0 aliphatic rings. The second kappa shape index (κ2) is 7.80. The Balaban J connectivity index is 1.62. The van der Waals surface area contributed by atoms with Gasteiger partial charge in [-0.05, 0) is 37.3 Å². The van der Waals surface area contributed by atoms with Crippen LogP contribution in [0.15, 0.2) is 58.4 Å². The van der Waals surface area contributed by atoms with E-state index in [1.54, 1.807) is 18.1 Å². The van der Waals surface area contributed by atoms with Crippen LogP contribution in [0, 0.1) is 6.92 Å². The van der Waals surface area contributed by atoms with E-state index in [0.29, 0.717) is 17.3 Å². The van der Waals surface area contributed by atoms with Crippen LogP contribution in [0.4, 0.5) is 0 Å². The molecule has 0 saturated carbocycles. The lowest BCUT2D eigenvalue weighted by Gasteiger charge is -2.15. The van der Waals surface area contributed by atoms with Gasteiger partial charge in [0, 0.05) is 30.2 Å². The molecule has 130 valence electrons. The van der Waals surface area contributed by atoms with Gasteiger partial charge in [-0.15, -0.1) is 0 Å². The van der Waals surface area contributed by atoms with Crippen molar-refractivity contribution in [2.45, 2.75) is 18.6 Å². The minimum Gasteiger partial charge on any atom is -0.464 e. The quantitative estimate of drug-likeness (QED) is 0.606. The predicted octanol–water partition coefficient (Wildman–Crippen LogP) is 4.18. The summed E-state index contributed by atoms with van der Waals surface area (Å²) >= 11 is 7.45. The lowest BCUT2D eigenvalue weighted by atomic mass is 10.3. The number of carbonyl (C=O) groups excluding carboxylic acids is 1. The Kier molecular flexibility index (Phi) is 5.50. The number of hydrogen-bond acceptors (Lipinski definition) is 4. The molecular weight excluding hydrogens is 358 g/mol. The SMILES string of the molecule is Cc1ccc(CN(C)C(=O)CSc2nccn2-c2cccc(Cl)c2)o1. The molecule has 7 heteroatoms. The number of benzene rings is 1. The summed E-state index contributed by atoms with van der Waals surface area (Å²) in [6, 6.07) is 11.3. The normalized spacial score (nSPS) is 10.8. The number of aromatic nitrogens is 2. The van der Waals surface area contributed by atoms with E-state index < -0.39 is 0 Å². The highest BCUT2D eigenvalue weighted by molar-refractivity contribution is 7.99. The van der Waals surface area contributed by atoms with Gasteiger partial charge in [0.1, 0.15) is 11.5 Å². The molecule has 0 spiro atoms. The van der Waals surface area contributed by atoms with E-state index >= 15 is 0 Å². The fourth-order valence-corrected chi connectivity index (χ4v) is 3.45. The van der Waals surface area contributed by atoms with Crippen LogP contribution in [-0.4, -0.2) is 33.2 Å². The van der Waals surface area contributed by atoms with Crippen molar-refractivity contribution in [1.82, 2.24) is 14.5 Å². The molecule has 0 radical (unpaired) electrons. The van der Waals surface area contributed by atoms with Gasteiger partial charge in [0.2, 0.25) is 5.91 Å². The van der Waals surface area contributed by atoms with E-state index in [0.717, 1.165) is 22.4 Å². The summed E-state index contributed by atoms with van der Waals surface area (Å²) in [6.45, 7) is 2.34. The highest BCUT2D eigenvalue weighted by atomic mass is 35.5. The van der Waals surface area contributed by atoms with E-state index in [4.69, 9.17) is 16.0 Å². The molecule has 0 unspecified atom stereocenters. The van der Waals surface area contributed by atoms with Crippen LogP contribution in [0.1, 0.15) is 11.5 Å². The number of furan rings is 1. The van der Waals surface area contributed by atoms with Gasteiger partial charge in [-0.1, -0.05) is 29.4 Å². The maximum absolute atomic E-state index is 12.4. The molecule has 0 atom stereocenters. The molecule has 0 bridgehead atoms. The summed E-state index contributed by atoms with van der Waals surface area (Å²) in [5, 5.41) is 1.41. The first-order chi connectivity index (χ1) is 12.0. The van der Waals surface area contributed by atoms with E-state index in [-0.39, 0.29) is 5.91 Å². The topological polar surface area (TPSA) is 51.3 Å². The van der Waals surface area contributed by atoms with Crippen molar-refractivity contribution in [3.8, 4) is 5.69 Å². The summed E-state index contributed by atoms with van der Waals surface area (Å²) in [6.07, 6.45) is 3.57. The molecule has 0 aliphatic carbocycles. The molecular formula is C18H18ClN3O2S. The summed E-state index contributed by atoms with van der Waals surface area (Å²) in [7, 11) is 1.77.